The van der Waals surface area contributed by atoms with Crippen LogP contribution in [0.1, 0.15) is 43.6 Å². The van der Waals surface area contributed by atoms with Crippen LogP contribution in [0.5, 0.6) is 0 Å². The van der Waals surface area contributed by atoms with Crippen LogP contribution >= 0.6 is 0 Å². The number of fused-ring (bicyclic) bond motifs is 1. The highest BCUT2D eigenvalue weighted by molar-refractivity contribution is 6.09. The Balaban J connectivity index is 1.22. The summed E-state index contributed by atoms with van der Waals surface area (Å²) < 4.78 is 0. The lowest BCUT2D eigenvalue weighted by molar-refractivity contribution is 0.0941. The first kappa shape index (κ1) is 26.6. The van der Waals surface area contributed by atoms with Gasteiger partial charge in [-0.25, -0.2) is 0 Å². The number of carbonyl (C=O) groups is 2. The highest BCUT2D eigenvalue weighted by Gasteiger charge is 2.20. The van der Waals surface area contributed by atoms with Gasteiger partial charge < -0.3 is 10.6 Å². The van der Waals surface area contributed by atoms with E-state index >= 15 is 0 Å². The number of pyridine rings is 2. The van der Waals surface area contributed by atoms with Crippen molar-refractivity contribution in [3.63, 3.8) is 0 Å². The zero-order valence-electron chi connectivity index (χ0n) is 23.0. The second kappa shape index (κ2) is 11.9. The van der Waals surface area contributed by atoms with Crippen molar-refractivity contribution in [3.05, 3.63) is 162 Å². The van der Waals surface area contributed by atoms with E-state index in [1.54, 1.807) is 18.5 Å². The number of nitrogens with one attached hydrogen (secondary N) is 2. The number of aromatic nitrogens is 2. The first-order valence-corrected chi connectivity index (χ1v) is 13.7. The molecule has 0 aliphatic heterocycles. The number of benzene rings is 4. The van der Waals surface area contributed by atoms with Gasteiger partial charge >= 0.3 is 0 Å². The van der Waals surface area contributed by atoms with E-state index in [9.17, 15) is 9.59 Å². The molecule has 0 saturated heterocycles. The summed E-state index contributed by atoms with van der Waals surface area (Å²) in [5.41, 5.74) is 6.99. The summed E-state index contributed by atoms with van der Waals surface area (Å²) in [5, 5.41) is 6.91. The number of carbonyl (C=O) groups excluding carboxylic acids is 2. The topological polar surface area (TPSA) is 84.0 Å². The molecule has 2 N–H and O–H groups in total. The van der Waals surface area contributed by atoms with Crippen molar-refractivity contribution in [2.24, 2.45) is 0 Å². The highest BCUT2D eigenvalue weighted by atomic mass is 16.2. The Kier molecular flexibility index (Phi) is 7.51. The van der Waals surface area contributed by atoms with Crippen molar-refractivity contribution in [1.29, 1.82) is 0 Å². The molecule has 2 aromatic heterocycles. The van der Waals surface area contributed by atoms with Crippen LogP contribution in [0.2, 0.25) is 0 Å². The Bertz CT molecular complexity index is 1850. The molecule has 1 unspecified atom stereocenters. The van der Waals surface area contributed by atoms with Gasteiger partial charge in [0, 0.05) is 29.0 Å². The molecule has 42 heavy (non-hydrogen) atoms. The SMILES string of the molecule is Cc1ccccc1-c1ccccc1C(=O)Nc1ccc2cc(C(=O)NC(c3ccccc3)c3ccccn3)cnc2c1. The van der Waals surface area contributed by atoms with Gasteiger partial charge in [-0.15, -0.1) is 0 Å². The fraction of sp³-hybridized carbons (Fsp3) is 0.0556. The van der Waals surface area contributed by atoms with E-state index in [1.807, 2.05) is 122 Å². The van der Waals surface area contributed by atoms with Crippen LogP contribution in [0.3, 0.4) is 0 Å². The van der Waals surface area contributed by atoms with Crippen molar-refractivity contribution in [2.45, 2.75) is 13.0 Å². The molecule has 2 heterocycles. The fourth-order valence-electron chi connectivity index (χ4n) is 5.05. The number of hydrogen-bond donors (Lipinski definition) is 2. The molecular formula is C36H28N4O2. The first-order chi connectivity index (χ1) is 20.6. The standard InChI is InChI=1S/C36H28N4O2/c1-24-11-5-6-14-29(24)30-15-7-8-16-31(30)36(42)39-28-19-18-26-21-27(23-38-33(26)22-28)35(41)40-34(25-12-3-2-4-13-25)32-17-9-10-20-37-32/h2-23,34H,1H3,(H,39,42)(H,40,41). The third-order valence-electron chi connectivity index (χ3n) is 7.20. The third-order valence-corrected chi connectivity index (χ3v) is 7.20. The number of aryl methyl sites for hydroxylation is 1. The molecule has 6 rings (SSSR count). The summed E-state index contributed by atoms with van der Waals surface area (Å²) in [5.74, 6) is -0.459. The summed E-state index contributed by atoms with van der Waals surface area (Å²) >= 11 is 0. The van der Waals surface area contributed by atoms with Crippen molar-refractivity contribution in [3.8, 4) is 11.1 Å². The molecule has 0 bridgehead atoms. The molecule has 2 amide bonds. The van der Waals surface area contributed by atoms with E-state index in [0.717, 1.165) is 33.3 Å². The largest absolute Gasteiger partial charge is 0.339 e. The predicted molar refractivity (Wildman–Crippen MR) is 166 cm³/mol. The summed E-state index contributed by atoms with van der Waals surface area (Å²) in [6, 6.07) is 37.9. The van der Waals surface area contributed by atoms with Crippen molar-refractivity contribution >= 4 is 28.4 Å². The van der Waals surface area contributed by atoms with Gasteiger partial charge in [0.25, 0.3) is 11.8 Å². The lowest BCUT2D eigenvalue weighted by Crippen LogP contribution is -2.30. The molecule has 0 fully saturated rings. The molecule has 0 saturated carbocycles. The lowest BCUT2D eigenvalue weighted by Gasteiger charge is -2.19. The summed E-state index contributed by atoms with van der Waals surface area (Å²) in [6.07, 6.45) is 3.27. The van der Waals surface area contributed by atoms with Gasteiger partial charge in [0.1, 0.15) is 0 Å². The number of hydrogen-bond acceptors (Lipinski definition) is 4. The van der Waals surface area contributed by atoms with E-state index in [1.165, 1.54) is 0 Å². The van der Waals surface area contributed by atoms with E-state index in [-0.39, 0.29) is 11.8 Å². The van der Waals surface area contributed by atoms with Crippen molar-refractivity contribution < 1.29 is 9.59 Å². The smallest absolute Gasteiger partial charge is 0.256 e. The van der Waals surface area contributed by atoms with Crippen LogP contribution in [-0.2, 0) is 0 Å². The maximum Gasteiger partial charge on any atom is 0.256 e. The minimum absolute atomic E-state index is 0.203. The number of rotatable bonds is 7. The van der Waals surface area contributed by atoms with Crippen LogP contribution in [0.25, 0.3) is 22.0 Å². The lowest BCUT2D eigenvalue weighted by atomic mass is 9.95. The van der Waals surface area contributed by atoms with Gasteiger partial charge in [0.05, 0.1) is 22.8 Å². The molecular weight excluding hydrogens is 520 g/mol. The Morgan fingerprint density at radius 3 is 2.21 bits per heavy atom. The molecule has 6 heteroatoms. The summed E-state index contributed by atoms with van der Waals surface area (Å²) in [7, 11) is 0. The zero-order valence-corrected chi connectivity index (χ0v) is 23.0. The predicted octanol–water partition coefficient (Wildman–Crippen LogP) is 7.38. The van der Waals surface area contributed by atoms with Crippen LogP contribution in [0, 0.1) is 6.92 Å². The second-order valence-electron chi connectivity index (χ2n) is 10.0. The first-order valence-electron chi connectivity index (χ1n) is 13.7. The molecule has 0 spiro atoms. The fourth-order valence-corrected chi connectivity index (χ4v) is 5.05. The molecule has 1 atom stereocenters. The minimum atomic E-state index is -0.407. The molecule has 6 aromatic rings. The van der Waals surface area contributed by atoms with Gasteiger partial charge in [-0.1, -0.05) is 84.9 Å². The van der Waals surface area contributed by atoms with Gasteiger partial charge in [0.15, 0.2) is 0 Å². The normalized spacial score (nSPS) is 11.5. The van der Waals surface area contributed by atoms with Gasteiger partial charge in [0.2, 0.25) is 0 Å². The maximum absolute atomic E-state index is 13.4. The monoisotopic (exact) mass is 548 g/mol. The summed E-state index contributed by atoms with van der Waals surface area (Å²) in [4.78, 5) is 35.7. The van der Waals surface area contributed by atoms with Crippen molar-refractivity contribution in [2.75, 3.05) is 5.32 Å². The number of nitrogens with zero attached hydrogens (tertiary/aromatic N) is 2. The third kappa shape index (κ3) is 5.64. The quantitative estimate of drug-likeness (QED) is 0.218. The van der Waals surface area contributed by atoms with Crippen LogP contribution in [-0.4, -0.2) is 21.8 Å². The number of amides is 2. The Labute approximate surface area is 244 Å². The molecule has 0 aliphatic rings. The van der Waals surface area contributed by atoms with E-state index in [0.29, 0.717) is 22.3 Å². The molecule has 204 valence electrons. The highest BCUT2D eigenvalue weighted by Crippen LogP contribution is 2.28. The minimum Gasteiger partial charge on any atom is -0.339 e. The van der Waals surface area contributed by atoms with Crippen LogP contribution in [0.4, 0.5) is 5.69 Å². The van der Waals surface area contributed by atoms with Gasteiger partial charge in [-0.05, 0) is 65.6 Å². The second-order valence-corrected chi connectivity index (χ2v) is 10.0. The van der Waals surface area contributed by atoms with E-state index in [4.69, 9.17) is 0 Å². The molecule has 6 nitrogen and oxygen atoms in total. The Morgan fingerprint density at radius 1 is 0.690 bits per heavy atom. The average Bonchev–Trinajstić information content (AvgIpc) is 3.04. The van der Waals surface area contributed by atoms with Gasteiger partial charge in [-0.2, -0.15) is 0 Å². The Morgan fingerprint density at radius 2 is 1.43 bits per heavy atom. The molecule has 0 aliphatic carbocycles. The Hall–Kier alpha value is -5.62. The van der Waals surface area contributed by atoms with Crippen molar-refractivity contribution in [1.82, 2.24) is 15.3 Å². The average molecular weight is 549 g/mol. The van der Waals surface area contributed by atoms with Crippen LogP contribution < -0.4 is 10.6 Å². The maximum atomic E-state index is 13.4. The van der Waals surface area contributed by atoms with E-state index in [2.05, 4.69) is 20.6 Å². The molecule has 4 aromatic carbocycles. The molecule has 0 radical (unpaired) electrons. The van der Waals surface area contributed by atoms with Gasteiger partial charge in [-0.3, -0.25) is 19.6 Å². The van der Waals surface area contributed by atoms with Crippen LogP contribution in [0.15, 0.2) is 134 Å². The van der Waals surface area contributed by atoms with E-state index < -0.39 is 6.04 Å². The number of anilines is 1. The summed E-state index contributed by atoms with van der Waals surface area (Å²) in [6.45, 7) is 2.04. The zero-order chi connectivity index (χ0) is 28.9.